The molecule has 2 amide bonds. The molecule has 1 heterocycles. The molecule has 4 aliphatic carbocycles. The molecule has 6 rings (SSSR count). The van der Waals surface area contributed by atoms with Crippen LogP contribution in [0.2, 0.25) is 0 Å². The minimum Gasteiger partial charge on any atom is -0.455 e. The number of nitrogens with two attached hydrogens (primary N) is 2. The van der Waals surface area contributed by atoms with E-state index in [2.05, 4.69) is 5.32 Å². The van der Waals surface area contributed by atoms with Crippen LogP contribution in [0.15, 0.2) is 41.5 Å². The number of hydrogen-bond donors (Lipinski definition) is 6. The minimum atomic E-state index is -2.44. The van der Waals surface area contributed by atoms with Gasteiger partial charge in [0.25, 0.3) is 0 Å². The standard InChI is InChI=1S/C45H59N3O18/c1-20-26(62-40(57)36(33(22-13-14-22)48-41(58)66-42(3,4)5)63-29(52)18-60-28(51)15-24(46)38(47)55)17-45(59)37(64-39(56)23-11-9-8-10-12-23)32-30(34(53)35(54)31(20)43(45,6)7)25(50)16-27-44(32,19-61-27)65-21(2)49/h8-12,22,24-27,30,32-33,35-37,50,54,59H,13-19,46H2,1-7H3,(H2,47,55)(H,48,58)/t24-,25-,26-,27+,30-,32+,33-,35+,36+,37-,44-,45+/m0/s1. The number of amides is 2. The molecule has 12 atom stereocenters. The van der Waals surface area contributed by atoms with Crippen molar-refractivity contribution in [3.05, 3.63) is 47.0 Å². The Morgan fingerprint density at radius 1 is 1.00 bits per heavy atom. The molecule has 1 aromatic rings. The normalized spacial score (nSPS) is 31.3. The molecular weight excluding hydrogens is 870 g/mol. The molecule has 1 aliphatic heterocycles. The number of fused-ring (bicyclic) bond motifs is 5. The average Bonchev–Trinajstić information content (AvgIpc) is 4.06. The monoisotopic (exact) mass is 929 g/mol. The van der Waals surface area contributed by atoms with Crippen LogP contribution in [0, 0.1) is 23.2 Å². The SMILES string of the molecule is CC(=O)O[C@@]12CO[C@@H]1C[C@H](O)[C@@H]1C(=O)[C@H](O)C3=C(C)[C@@H](OC(=O)[C@H](OC(=O)COC(=O)C[C@H](N)C(N)=O)[C@@H](NC(=O)OC(C)(C)C)C4CC4)C[C@@](O)([C@@H](OC(=O)c4ccccc4)[C@@H]12)C3(C)C. The molecule has 3 saturated carbocycles. The zero-order valence-electron chi connectivity index (χ0n) is 37.8. The maximum Gasteiger partial charge on any atom is 0.408 e. The number of carbonyl (C=O) groups is 8. The minimum absolute atomic E-state index is 0.0311. The first-order valence-electron chi connectivity index (χ1n) is 21.7. The van der Waals surface area contributed by atoms with E-state index < -0.39 is 156 Å². The van der Waals surface area contributed by atoms with E-state index in [-0.39, 0.29) is 29.7 Å². The quantitative estimate of drug-likeness (QED) is 0.0825. The van der Waals surface area contributed by atoms with E-state index in [0.29, 0.717) is 12.8 Å². The third kappa shape index (κ3) is 9.81. The van der Waals surface area contributed by atoms with Crippen molar-refractivity contribution < 1.29 is 86.8 Å². The van der Waals surface area contributed by atoms with E-state index in [4.69, 9.17) is 44.6 Å². The first-order chi connectivity index (χ1) is 30.7. The number of Topliss-reactive ketones (excluding diaryl/α,β-unsaturated/α-hetero) is 1. The molecule has 8 N–H and O–H groups in total. The Hall–Kier alpha value is -5.48. The third-order valence-corrected chi connectivity index (χ3v) is 13.3. The van der Waals surface area contributed by atoms with Gasteiger partial charge in [-0.25, -0.2) is 19.2 Å². The van der Waals surface area contributed by atoms with Gasteiger partial charge < -0.3 is 65.3 Å². The first-order valence-corrected chi connectivity index (χ1v) is 21.7. The summed E-state index contributed by atoms with van der Waals surface area (Å²) in [6.45, 7) is 8.93. The second-order valence-electron chi connectivity index (χ2n) is 19.3. The second-order valence-corrected chi connectivity index (χ2v) is 19.3. The van der Waals surface area contributed by atoms with Gasteiger partial charge in [0.2, 0.25) is 12.0 Å². The van der Waals surface area contributed by atoms with E-state index in [1.807, 2.05) is 0 Å². The van der Waals surface area contributed by atoms with Gasteiger partial charge in [-0.05, 0) is 69.7 Å². The van der Waals surface area contributed by atoms with Gasteiger partial charge in [0.15, 0.2) is 18.0 Å². The highest BCUT2D eigenvalue weighted by molar-refractivity contribution is 5.92. The van der Waals surface area contributed by atoms with E-state index >= 15 is 0 Å². The summed E-state index contributed by atoms with van der Waals surface area (Å²) in [5.74, 6) is -11.1. The van der Waals surface area contributed by atoms with Gasteiger partial charge >= 0.3 is 35.9 Å². The van der Waals surface area contributed by atoms with Crippen LogP contribution in [-0.2, 0) is 61.9 Å². The summed E-state index contributed by atoms with van der Waals surface area (Å²) < 4.78 is 40.1. The van der Waals surface area contributed by atoms with E-state index in [9.17, 15) is 53.7 Å². The Bertz CT molecular complexity index is 2150. The van der Waals surface area contributed by atoms with Crippen LogP contribution in [-0.4, -0.2) is 142 Å². The lowest BCUT2D eigenvalue weighted by atomic mass is 9.49. The van der Waals surface area contributed by atoms with Crippen molar-refractivity contribution in [3.63, 3.8) is 0 Å². The number of alkyl carbamates (subject to hydrolysis) is 1. The number of nitrogens with one attached hydrogen (secondary N) is 1. The molecule has 0 spiro atoms. The summed E-state index contributed by atoms with van der Waals surface area (Å²) in [7, 11) is 0. The predicted octanol–water partition coefficient (Wildman–Crippen LogP) is 0.204. The average molecular weight is 930 g/mol. The molecule has 4 fully saturated rings. The third-order valence-electron chi connectivity index (χ3n) is 13.3. The number of aliphatic hydroxyl groups excluding tert-OH is 2. The molecule has 0 aromatic heterocycles. The molecule has 0 radical (unpaired) electrons. The molecule has 2 bridgehead atoms. The van der Waals surface area contributed by atoms with Gasteiger partial charge in [-0.3, -0.25) is 19.2 Å². The zero-order chi connectivity index (χ0) is 48.8. The van der Waals surface area contributed by atoms with Gasteiger partial charge in [-0.1, -0.05) is 32.0 Å². The Morgan fingerprint density at radius 2 is 1.65 bits per heavy atom. The van der Waals surface area contributed by atoms with Gasteiger partial charge in [0, 0.05) is 25.2 Å². The fraction of sp³-hybridized carbons (Fsp3) is 0.644. The van der Waals surface area contributed by atoms with Crippen molar-refractivity contribution in [2.45, 2.75) is 146 Å². The van der Waals surface area contributed by atoms with E-state index in [1.165, 1.54) is 32.9 Å². The molecule has 21 heteroatoms. The first kappa shape index (κ1) is 49.9. The molecule has 0 unspecified atom stereocenters. The summed E-state index contributed by atoms with van der Waals surface area (Å²) in [6, 6.07) is 4.95. The molecule has 5 aliphatic rings. The lowest BCUT2D eigenvalue weighted by molar-refractivity contribution is -0.332. The Labute approximate surface area is 380 Å². The van der Waals surface area contributed by atoms with E-state index in [1.54, 1.807) is 39.0 Å². The van der Waals surface area contributed by atoms with Gasteiger partial charge in [0.1, 0.15) is 35.6 Å². The number of ether oxygens (including phenoxy) is 7. The lowest BCUT2D eigenvalue weighted by Gasteiger charge is -2.64. The predicted molar refractivity (Wildman–Crippen MR) is 223 cm³/mol. The number of ketones is 1. The summed E-state index contributed by atoms with van der Waals surface area (Å²) in [5.41, 5.74) is 3.68. The fourth-order valence-corrected chi connectivity index (χ4v) is 9.86. The van der Waals surface area contributed by atoms with Crippen LogP contribution < -0.4 is 16.8 Å². The molecule has 1 saturated heterocycles. The van der Waals surface area contributed by atoms with E-state index in [0.717, 1.165) is 6.92 Å². The molecule has 1 aromatic carbocycles. The summed E-state index contributed by atoms with van der Waals surface area (Å²) in [4.78, 5) is 107. The lowest BCUT2D eigenvalue weighted by Crippen LogP contribution is -2.79. The highest BCUT2D eigenvalue weighted by Gasteiger charge is 2.74. The summed E-state index contributed by atoms with van der Waals surface area (Å²) in [6.07, 6.45) is -11.7. The number of benzene rings is 1. The second kappa shape index (κ2) is 18.7. The largest absolute Gasteiger partial charge is 0.455 e. The van der Waals surface area contributed by atoms with Crippen LogP contribution in [0.4, 0.5) is 4.79 Å². The topological polar surface area (TPSA) is 326 Å². The van der Waals surface area contributed by atoms with Crippen molar-refractivity contribution in [3.8, 4) is 0 Å². The van der Waals surface area contributed by atoms with Crippen molar-refractivity contribution in [2.75, 3.05) is 13.2 Å². The number of primary amides is 1. The van der Waals surface area contributed by atoms with Gasteiger partial charge in [-0.2, -0.15) is 0 Å². The van der Waals surface area contributed by atoms with Crippen LogP contribution >= 0.6 is 0 Å². The van der Waals surface area contributed by atoms with Crippen molar-refractivity contribution in [1.82, 2.24) is 5.32 Å². The molecule has 362 valence electrons. The number of rotatable bonds is 14. The highest BCUT2D eigenvalue weighted by atomic mass is 16.6. The Balaban J connectivity index is 1.43. The number of hydrogen-bond acceptors (Lipinski definition) is 19. The maximum atomic E-state index is 14.8. The molecule has 21 nitrogen and oxygen atoms in total. The fourth-order valence-electron chi connectivity index (χ4n) is 9.86. The number of carbonyl (C=O) groups excluding carboxylic acids is 8. The van der Waals surface area contributed by atoms with Crippen LogP contribution in [0.1, 0.15) is 90.9 Å². The Kier molecular flexibility index (Phi) is 14.1. The summed E-state index contributed by atoms with van der Waals surface area (Å²) >= 11 is 0. The van der Waals surface area contributed by atoms with Crippen LogP contribution in [0.5, 0.6) is 0 Å². The summed E-state index contributed by atoms with van der Waals surface area (Å²) in [5, 5.41) is 39.9. The number of esters is 5. The van der Waals surface area contributed by atoms with Gasteiger partial charge in [-0.15, -0.1) is 0 Å². The smallest absolute Gasteiger partial charge is 0.408 e. The Morgan fingerprint density at radius 3 is 2.21 bits per heavy atom. The van der Waals surface area contributed by atoms with Crippen LogP contribution in [0.3, 0.4) is 0 Å². The maximum absolute atomic E-state index is 14.8. The number of aliphatic hydroxyl groups is 3. The van der Waals surface area contributed by atoms with Crippen molar-refractivity contribution in [1.29, 1.82) is 0 Å². The highest BCUT2D eigenvalue weighted by Crippen LogP contribution is 2.61. The van der Waals surface area contributed by atoms with Crippen molar-refractivity contribution in [2.24, 2.45) is 34.6 Å². The zero-order valence-corrected chi connectivity index (χ0v) is 37.8. The van der Waals surface area contributed by atoms with Gasteiger partial charge in [0.05, 0.1) is 48.6 Å². The molecular formula is C45H59N3O18. The molecule has 66 heavy (non-hydrogen) atoms. The van der Waals surface area contributed by atoms with Crippen molar-refractivity contribution >= 4 is 47.6 Å². The van der Waals surface area contributed by atoms with Crippen LogP contribution in [0.25, 0.3) is 0 Å².